The van der Waals surface area contributed by atoms with Gasteiger partial charge in [0.15, 0.2) is 0 Å². The summed E-state index contributed by atoms with van der Waals surface area (Å²) in [6.45, 7) is 7.80. The van der Waals surface area contributed by atoms with Gasteiger partial charge in [0.25, 0.3) is 5.91 Å². The van der Waals surface area contributed by atoms with Gasteiger partial charge in [0.05, 0.1) is 4.88 Å². The van der Waals surface area contributed by atoms with E-state index in [4.69, 9.17) is 4.74 Å². The van der Waals surface area contributed by atoms with Gasteiger partial charge in [-0.3, -0.25) is 4.79 Å². The quantitative estimate of drug-likeness (QED) is 0.874. The molecule has 22 heavy (non-hydrogen) atoms. The van der Waals surface area contributed by atoms with Crippen LogP contribution in [0.2, 0.25) is 0 Å². The first kappa shape index (κ1) is 16.8. The SMILES string of the molecule is Cc1ccsc1C(=O)N[C@H](CNC(=O)OC(C)(C)C)C1CC1. The van der Waals surface area contributed by atoms with Crippen LogP contribution < -0.4 is 10.6 Å². The van der Waals surface area contributed by atoms with Gasteiger partial charge in [0.1, 0.15) is 5.60 Å². The van der Waals surface area contributed by atoms with E-state index in [2.05, 4.69) is 10.6 Å². The molecule has 122 valence electrons. The number of alkyl carbamates (subject to hydrolysis) is 1. The van der Waals surface area contributed by atoms with Crippen molar-refractivity contribution in [1.29, 1.82) is 0 Å². The number of aryl methyl sites for hydroxylation is 1. The van der Waals surface area contributed by atoms with E-state index in [-0.39, 0.29) is 11.9 Å². The van der Waals surface area contributed by atoms with E-state index in [1.165, 1.54) is 11.3 Å². The summed E-state index contributed by atoms with van der Waals surface area (Å²) >= 11 is 1.44. The van der Waals surface area contributed by atoms with Crippen molar-refractivity contribution in [2.45, 2.75) is 52.2 Å². The molecule has 0 radical (unpaired) electrons. The predicted molar refractivity (Wildman–Crippen MR) is 87.3 cm³/mol. The first-order valence-electron chi connectivity index (χ1n) is 7.58. The van der Waals surface area contributed by atoms with Gasteiger partial charge < -0.3 is 15.4 Å². The third-order valence-corrected chi connectivity index (χ3v) is 4.46. The van der Waals surface area contributed by atoms with Gasteiger partial charge in [-0.15, -0.1) is 11.3 Å². The lowest BCUT2D eigenvalue weighted by Gasteiger charge is -2.22. The summed E-state index contributed by atoms with van der Waals surface area (Å²) in [4.78, 5) is 24.8. The molecule has 2 N–H and O–H groups in total. The van der Waals surface area contributed by atoms with Gasteiger partial charge in [-0.25, -0.2) is 4.79 Å². The van der Waals surface area contributed by atoms with E-state index >= 15 is 0 Å². The van der Waals surface area contributed by atoms with Crippen LogP contribution in [-0.4, -0.2) is 30.2 Å². The standard InChI is InChI=1S/C16H24N2O3S/c1-10-7-8-22-13(10)14(19)18-12(11-5-6-11)9-17-15(20)21-16(2,3)4/h7-8,11-12H,5-6,9H2,1-4H3,(H,17,20)(H,18,19)/t12-/m1/s1. The molecule has 1 aromatic rings. The van der Waals surface area contributed by atoms with Crippen LogP contribution in [0.3, 0.4) is 0 Å². The summed E-state index contributed by atoms with van der Waals surface area (Å²) in [5.74, 6) is 0.384. The highest BCUT2D eigenvalue weighted by Crippen LogP contribution is 2.32. The first-order valence-corrected chi connectivity index (χ1v) is 8.46. The highest BCUT2D eigenvalue weighted by molar-refractivity contribution is 7.12. The molecular formula is C16H24N2O3S. The Morgan fingerprint density at radius 2 is 2.09 bits per heavy atom. The fourth-order valence-corrected chi connectivity index (χ4v) is 3.01. The second-order valence-electron chi connectivity index (χ2n) is 6.73. The molecule has 1 aromatic heterocycles. The molecule has 1 heterocycles. The number of rotatable bonds is 5. The molecule has 1 saturated carbocycles. The minimum atomic E-state index is -0.517. The van der Waals surface area contributed by atoms with Crippen molar-refractivity contribution >= 4 is 23.3 Å². The lowest BCUT2D eigenvalue weighted by molar-refractivity contribution is 0.0518. The van der Waals surface area contributed by atoms with Gasteiger partial charge in [-0.1, -0.05) is 0 Å². The Labute approximate surface area is 135 Å². The second kappa shape index (κ2) is 6.69. The van der Waals surface area contributed by atoms with Crippen LogP contribution in [0.25, 0.3) is 0 Å². The maximum Gasteiger partial charge on any atom is 0.407 e. The van der Waals surface area contributed by atoms with Crippen molar-refractivity contribution in [3.63, 3.8) is 0 Å². The van der Waals surface area contributed by atoms with Crippen LogP contribution >= 0.6 is 11.3 Å². The number of amides is 2. The van der Waals surface area contributed by atoms with E-state index < -0.39 is 11.7 Å². The molecule has 0 spiro atoms. The number of nitrogens with one attached hydrogen (secondary N) is 2. The van der Waals surface area contributed by atoms with Crippen LogP contribution in [0.15, 0.2) is 11.4 Å². The topological polar surface area (TPSA) is 67.4 Å². The molecule has 5 nitrogen and oxygen atoms in total. The molecule has 0 saturated heterocycles. The highest BCUT2D eigenvalue weighted by atomic mass is 32.1. The van der Waals surface area contributed by atoms with E-state index in [0.29, 0.717) is 12.5 Å². The molecule has 2 rings (SSSR count). The first-order chi connectivity index (χ1) is 10.3. The average Bonchev–Trinajstić information content (AvgIpc) is 3.14. The minimum absolute atomic E-state index is 0.0403. The summed E-state index contributed by atoms with van der Waals surface area (Å²) in [6.07, 6.45) is 1.73. The molecule has 0 aliphatic heterocycles. The van der Waals surface area contributed by atoms with Crippen molar-refractivity contribution < 1.29 is 14.3 Å². The summed E-state index contributed by atoms with van der Waals surface area (Å²) in [6, 6.07) is 1.89. The van der Waals surface area contributed by atoms with Gasteiger partial charge in [-0.2, -0.15) is 0 Å². The number of hydrogen-bond acceptors (Lipinski definition) is 4. The summed E-state index contributed by atoms with van der Waals surface area (Å²) < 4.78 is 5.22. The van der Waals surface area contributed by atoms with Gasteiger partial charge in [0, 0.05) is 12.6 Å². The zero-order valence-electron chi connectivity index (χ0n) is 13.6. The molecular weight excluding hydrogens is 300 g/mol. The number of hydrogen-bond donors (Lipinski definition) is 2. The lowest BCUT2D eigenvalue weighted by atomic mass is 10.1. The Hall–Kier alpha value is -1.56. The van der Waals surface area contributed by atoms with Gasteiger partial charge in [-0.05, 0) is 63.5 Å². The van der Waals surface area contributed by atoms with Crippen LogP contribution in [0.1, 0.15) is 48.8 Å². The molecule has 0 unspecified atom stereocenters. The molecule has 1 aliphatic rings. The fourth-order valence-electron chi connectivity index (χ4n) is 2.18. The normalized spacial score (nSPS) is 16.0. The van der Waals surface area contributed by atoms with Crippen LogP contribution in [0, 0.1) is 12.8 Å². The number of carbonyl (C=O) groups excluding carboxylic acids is 2. The smallest absolute Gasteiger partial charge is 0.407 e. The van der Waals surface area contributed by atoms with Crippen molar-refractivity contribution in [2.24, 2.45) is 5.92 Å². The molecule has 1 atom stereocenters. The Morgan fingerprint density at radius 1 is 1.41 bits per heavy atom. The van der Waals surface area contributed by atoms with Crippen molar-refractivity contribution in [3.05, 3.63) is 21.9 Å². The van der Waals surface area contributed by atoms with Crippen molar-refractivity contribution in [2.75, 3.05) is 6.54 Å². The minimum Gasteiger partial charge on any atom is -0.444 e. The average molecular weight is 324 g/mol. The van der Waals surface area contributed by atoms with Crippen LogP contribution in [0.4, 0.5) is 4.79 Å². The van der Waals surface area contributed by atoms with Crippen molar-refractivity contribution in [1.82, 2.24) is 10.6 Å². The lowest BCUT2D eigenvalue weighted by Crippen LogP contribution is -2.46. The van der Waals surface area contributed by atoms with Crippen LogP contribution in [0.5, 0.6) is 0 Å². The monoisotopic (exact) mass is 324 g/mol. The maximum absolute atomic E-state index is 12.3. The van der Waals surface area contributed by atoms with E-state index in [9.17, 15) is 9.59 Å². The van der Waals surface area contributed by atoms with Crippen molar-refractivity contribution in [3.8, 4) is 0 Å². The predicted octanol–water partition coefficient (Wildman–Crippen LogP) is 3.09. The van der Waals surface area contributed by atoms with Gasteiger partial charge >= 0.3 is 6.09 Å². The fraction of sp³-hybridized carbons (Fsp3) is 0.625. The zero-order valence-corrected chi connectivity index (χ0v) is 14.4. The Kier molecular flexibility index (Phi) is 5.11. The number of thiophene rings is 1. The van der Waals surface area contributed by atoms with Gasteiger partial charge in [0.2, 0.25) is 0 Å². The number of carbonyl (C=O) groups is 2. The van der Waals surface area contributed by atoms with Crippen LogP contribution in [-0.2, 0) is 4.74 Å². The molecule has 6 heteroatoms. The molecule has 1 aliphatic carbocycles. The van der Waals surface area contributed by atoms with E-state index in [1.54, 1.807) is 0 Å². The summed E-state index contributed by atoms with van der Waals surface area (Å²) in [5.41, 5.74) is 0.466. The van der Waals surface area contributed by atoms with E-state index in [1.807, 2.05) is 39.1 Å². The van der Waals surface area contributed by atoms with E-state index in [0.717, 1.165) is 23.3 Å². The Bertz CT molecular complexity index is 544. The zero-order chi connectivity index (χ0) is 16.3. The Morgan fingerprint density at radius 3 is 2.59 bits per heavy atom. The molecule has 0 aromatic carbocycles. The summed E-state index contributed by atoms with van der Waals surface area (Å²) in [7, 11) is 0. The third-order valence-electron chi connectivity index (χ3n) is 3.44. The molecule has 2 amide bonds. The highest BCUT2D eigenvalue weighted by Gasteiger charge is 2.33. The summed E-state index contributed by atoms with van der Waals surface area (Å²) in [5, 5.41) is 7.71. The molecule has 0 bridgehead atoms. The second-order valence-corrected chi connectivity index (χ2v) is 7.65. The molecule has 1 fully saturated rings. The Balaban J connectivity index is 1.87. The number of ether oxygens (including phenoxy) is 1. The third kappa shape index (κ3) is 5.02. The maximum atomic E-state index is 12.3. The largest absolute Gasteiger partial charge is 0.444 e.